The number of rotatable bonds is 10. The molecule has 0 bridgehead atoms. The van der Waals surface area contributed by atoms with Crippen LogP contribution in [0.1, 0.15) is 28.8 Å². The highest BCUT2D eigenvalue weighted by Gasteiger charge is 2.20. The first-order valence-electron chi connectivity index (χ1n) is 10.2. The molecular weight excluding hydrogens is 436 g/mol. The molecule has 1 aliphatic heterocycles. The van der Waals surface area contributed by atoms with Crippen molar-refractivity contribution in [3.63, 3.8) is 0 Å². The van der Waals surface area contributed by atoms with Crippen molar-refractivity contribution in [2.24, 2.45) is 0 Å². The van der Waals surface area contributed by atoms with Crippen LogP contribution >= 0.6 is 0 Å². The molecule has 1 unspecified atom stereocenters. The Kier molecular flexibility index (Phi) is 7.94. The van der Waals surface area contributed by atoms with Crippen molar-refractivity contribution in [3.8, 4) is 17.2 Å². The van der Waals surface area contributed by atoms with Gasteiger partial charge in [-0.3, -0.25) is 4.79 Å². The summed E-state index contributed by atoms with van der Waals surface area (Å²) in [6.07, 6.45) is 2.12. The molecule has 0 aliphatic carbocycles. The van der Waals surface area contributed by atoms with Gasteiger partial charge < -0.3 is 24.3 Å². The van der Waals surface area contributed by atoms with Gasteiger partial charge in [0.05, 0.1) is 20.3 Å². The van der Waals surface area contributed by atoms with Gasteiger partial charge in [0, 0.05) is 18.7 Å². The highest BCUT2D eigenvalue weighted by Crippen LogP contribution is 2.29. The van der Waals surface area contributed by atoms with E-state index >= 15 is 0 Å². The summed E-state index contributed by atoms with van der Waals surface area (Å²) in [7, 11) is 0.430. The molecule has 2 N–H and O–H groups in total. The summed E-state index contributed by atoms with van der Waals surface area (Å²) >= 11 is 0. The lowest BCUT2D eigenvalue weighted by molar-refractivity contribution is 0.0669. The number of hydrogen-bond donors (Lipinski definition) is 2. The SMILES string of the molecule is CNS(=O)(=O)c1cc(C(=O)NCc2ccc(OCC3CCCO3)c(OC)c2)ccc1OC. The summed E-state index contributed by atoms with van der Waals surface area (Å²) in [4.78, 5) is 12.5. The van der Waals surface area contributed by atoms with E-state index in [4.69, 9.17) is 18.9 Å². The fraction of sp³-hybridized carbons (Fsp3) is 0.409. The minimum Gasteiger partial charge on any atom is -0.495 e. The zero-order valence-electron chi connectivity index (χ0n) is 18.3. The fourth-order valence-corrected chi connectivity index (χ4v) is 4.24. The van der Waals surface area contributed by atoms with Crippen molar-refractivity contribution in [3.05, 3.63) is 47.5 Å². The van der Waals surface area contributed by atoms with Gasteiger partial charge in [-0.1, -0.05) is 6.07 Å². The zero-order chi connectivity index (χ0) is 23.1. The molecule has 10 heteroatoms. The van der Waals surface area contributed by atoms with Crippen LogP contribution in [0, 0.1) is 0 Å². The first-order valence-corrected chi connectivity index (χ1v) is 11.7. The summed E-state index contributed by atoms with van der Waals surface area (Å²) in [6.45, 7) is 1.45. The zero-order valence-corrected chi connectivity index (χ0v) is 19.2. The highest BCUT2D eigenvalue weighted by molar-refractivity contribution is 7.89. The Labute approximate surface area is 188 Å². The van der Waals surface area contributed by atoms with Crippen molar-refractivity contribution in [1.29, 1.82) is 0 Å². The smallest absolute Gasteiger partial charge is 0.251 e. The quantitative estimate of drug-likeness (QED) is 0.554. The van der Waals surface area contributed by atoms with E-state index in [1.165, 1.54) is 32.4 Å². The lowest BCUT2D eigenvalue weighted by atomic mass is 10.1. The number of carbonyl (C=O) groups excluding carboxylic acids is 1. The third-order valence-electron chi connectivity index (χ3n) is 5.11. The molecule has 2 aromatic rings. The lowest BCUT2D eigenvalue weighted by Crippen LogP contribution is -2.24. The van der Waals surface area contributed by atoms with E-state index < -0.39 is 15.9 Å². The van der Waals surface area contributed by atoms with E-state index in [2.05, 4.69) is 10.0 Å². The second-order valence-corrected chi connectivity index (χ2v) is 9.04. The van der Waals surface area contributed by atoms with Crippen LogP contribution in [0.3, 0.4) is 0 Å². The maximum atomic E-state index is 12.6. The third-order valence-corrected chi connectivity index (χ3v) is 6.55. The molecule has 3 rings (SSSR count). The molecular formula is C22H28N2O7S. The Morgan fingerprint density at radius 1 is 1.09 bits per heavy atom. The molecule has 0 aromatic heterocycles. The van der Waals surface area contributed by atoms with Crippen molar-refractivity contribution < 1.29 is 32.2 Å². The minimum absolute atomic E-state index is 0.0970. The maximum absolute atomic E-state index is 12.6. The minimum atomic E-state index is -3.78. The molecule has 1 heterocycles. The van der Waals surface area contributed by atoms with Gasteiger partial charge in [0.2, 0.25) is 10.0 Å². The van der Waals surface area contributed by atoms with E-state index in [1.807, 2.05) is 6.07 Å². The van der Waals surface area contributed by atoms with Gasteiger partial charge in [-0.2, -0.15) is 0 Å². The maximum Gasteiger partial charge on any atom is 0.251 e. The van der Waals surface area contributed by atoms with Crippen LogP contribution in [0.25, 0.3) is 0 Å². The molecule has 1 aliphatic rings. The van der Waals surface area contributed by atoms with E-state index in [-0.39, 0.29) is 28.9 Å². The molecule has 1 atom stereocenters. The van der Waals surface area contributed by atoms with Gasteiger partial charge in [0.1, 0.15) is 17.3 Å². The van der Waals surface area contributed by atoms with E-state index in [1.54, 1.807) is 19.2 Å². The summed E-state index contributed by atoms with van der Waals surface area (Å²) in [5, 5.41) is 2.79. The number of benzene rings is 2. The number of nitrogens with one attached hydrogen (secondary N) is 2. The Balaban J connectivity index is 1.67. The predicted octanol–water partition coefficient (Wildman–Crippen LogP) is 2.10. The average Bonchev–Trinajstić information content (AvgIpc) is 3.34. The van der Waals surface area contributed by atoms with Crippen LogP contribution in [-0.2, 0) is 21.3 Å². The molecule has 0 spiro atoms. The van der Waals surface area contributed by atoms with Crippen molar-refractivity contribution in [2.75, 3.05) is 34.5 Å². The summed E-state index contributed by atoms with van der Waals surface area (Å²) in [6, 6.07) is 9.64. The van der Waals surface area contributed by atoms with Gasteiger partial charge in [0.25, 0.3) is 5.91 Å². The molecule has 2 aromatic carbocycles. The highest BCUT2D eigenvalue weighted by atomic mass is 32.2. The molecule has 1 saturated heterocycles. The molecule has 9 nitrogen and oxygen atoms in total. The van der Waals surface area contributed by atoms with Gasteiger partial charge in [0.15, 0.2) is 11.5 Å². The van der Waals surface area contributed by atoms with E-state index in [0.717, 1.165) is 25.0 Å². The molecule has 1 fully saturated rings. The first kappa shape index (κ1) is 23.8. The Hall–Kier alpha value is -2.82. The van der Waals surface area contributed by atoms with Crippen LogP contribution in [0.5, 0.6) is 17.2 Å². The topological polar surface area (TPSA) is 112 Å². The summed E-state index contributed by atoms with van der Waals surface area (Å²) in [5.41, 5.74) is 0.999. The monoisotopic (exact) mass is 464 g/mol. The second-order valence-electron chi connectivity index (χ2n) is 7.19. The number of sulfonamides is 1. The van der Waals surface area contributed by atoms with Crippen LogP contribution < -0.4 is 24.2 Å². The van der Waals surface area contributed by atoms with Crippen LogP contribution in [-0.4, -0.2) is 54.9 Å². The normalized spacial score (nSPS) is 15.9. The number of amides is 1. The Morgan fingerprint density at radius 3 is 2.50 bits per heavy atom. The summed E-state index contributed by atoms with van der Waals surface area (Å²) < 4.78 is 48.6. The van der Waals surface area contributed by atoms with Crippen LogP contribution in [0.2, 0.25) is 0 Å². The Bertz CT molecular complexity index is 1050. The summed E-state index contributed by atoms with van der Waals surface area (Å²) in [5.74, 6) is 0.897. The van der Waals surface area contributed by atoms with Gasteiger partial charge in [-0.25, -0.2) is 13.1 Å². The first-order chi connectivity index (χ1) is 15.4. The standard InChI is InChI=1S/C22H28N2O7S/c1-23-32(26,27)21-12-16(7-9-19(21)28-2)22(25)24-13-15-6-8-18(20(11-15)29-3)31-14-17-5-4-10-30-17/h6-9,11-12,17,23H,4-5,10,13-14H2,1-3H3,(H,24,25). The van der Waals surface area contributed by atoms with Crippen LogP contribution in [0.4, 0.5) is 0 Å². The van der Waals surface area contributed by atoms with Gasteiger partial charge in [-0.05, 0) is 55.8 Å². The third kappa shape index (κ3) is 5.70. The number of hydrogen-bond acceptors (Lipinski definition) is 7. The van der Waals surface area contributed by atoms with Crippen molar-refractivity contribution in [2.45, 2.75) is 30.4 Å². The largest absolute Gasteiger partial charge is 0.495 e. The van der Waals surface area contributed by atoms with Crippen molar-refractivity contribution in [1.82, 2.24) is 10.0 Å². The van der Waals surface area contributed by atoms with Crippen molar-refractivity contribution >= 4 is 15.9 Å². The molecule has 1 amide bonds. The lowest BCUT2D eigenvalue weighted by Gasteiger charge is -2.15. The fourth-order valence-electron chi connectivity index (χ4n) is 3.32. The second kappa shape index (κ2) is 10.7. The van der Waals surface area contributed by atoms with Crippen LogP contribution in [0.15, 0.2) is 41.3 Å². The molecule has 0 saturated carbocycles. The number of methoxy groups -OCH3 is 2. The molecule has 174 valence electrons. The number of ether oxygens (including phenoxy) is 4. The average molecular weight is 465 g/mol. The predicted molar refractivity (Wildman–Crippen MR) is 118 cm³/mol. The Morgan fingerprint density at radius 2 is 1.84 bits per heavy atom. The number of carbonyl (C=O) groups is 1. The van der Waals surface area contributed by atoms with E-state index in [0.29, 0.717) is 18.1 Å². The molecule has 0 radical (unpaired) electrons. The van der Waals surface area contributed by atoms with Gasteiger partial charge >= 0.3 is 0 Å². The van der Waals surface area contributed by atoms with E-state index in [9.17, 15) is 13.2 Å². The molecule has 32 heavy (non-hydrogen) atoms. The van der Waals surface area contributed by atoms with Gasteiger partial charge in [-0.15, -0.1) is 0 Å².